The van der Waals surface area contributed by atoms with Gasteiger partial charge in [0.2, 0.25) is 0 Å². The highest BCUT2D eigenvalue weighted by Gasteiger charge is 2.15. The zero-order chi connectivity index (χ0) is 15.5. The second-order valence-corrected chi connectivity index (χ2v) is 4.57. The Labute approximate surface area is 125 Å². The van der Waals surface area contributed by atoms with E-state index in [-0.39, 0.29) is 11.3 Å². The number of carboxylic acids is 1. The molecule has 0 aliphatic carbocycles. The third-order valence-electron chi connectivity index (χ3n) is 3.21. The molecule has 6 nitrogen and oxygen atoms in total. The van der Waals surface area contributed by atoms with Crippen molar-refractivity contribution in [3.05, 3.63) is 65.9 Å². The third-order valence-corrected chi connectivity index (χ3v) is 3.21. The number of rotatable bonds is 4. The largest absolute Gasteiger partial charge is 0.478 e. The van der Waals surface area contributed by atoms with Gasteiger partial charge in [0.25, 0.3) is 0 Å². The Bertz CT molecular complexity index is 824. The van der Waals surface area contributed by atoms with E-state index < -0.39 is 5.97 Å². The Morgan fingerprint density at radius 1 is 1.05 bits per heavy atom. The van der Waals surface area contributed by atoms with Crippen LogP contribution in [0.25, 0.3) is 16.9 Å². The van der Waals surface area contributed by atoms with Crippen molar-refractivity contribution in [3.8, 4) is 16.9 Å². The van der Waals surface area contributed by atoms with Crippen LogP contribution in [0.2, 0.25) is 0 Å². The summed E-state index contributed by atoms with van der Waals surface area (Å²) in [5.74, 6) is -0.998. The van der Waals surface area contributed by atoms with Gasteiger partial charge in [-0.2, -0.15) is 0 Å². The van der Waals surface area contributed by atoms with Gasteiger partial charge in [0.1, 0.15) is 5.69 Å². The first-order valence-corrected chi connectivity index (χ1v) is 6.50. The van der Waals surface area contributed by atoms with Crippen LogP contribution >= 0.6 is 0 Å². The molecule has 108 valence electrons. The minimum Gasteiger partial charge on any atom is -0.478 e. The summed E-state index contributed by atoms with van der Waals surface area (Å²) >= 11 is 0. The van der Waals surface area contributed by atoms with Crippen molar-refractivity contribution in [2.45, 2.75) is 0 Å². The second kappa shape index (κ2) is 5.61. The summed E-state index contributed by atoms with van der Waals surface area (Å²) in [6, 6.07) is 15.5. The van der Waals surface area contributed by atoms with Gasteiger partial charge < -0.3 is 5.11 Å². The molecule has 0 spiro atoms. The van der Waals surface area contributed by atoms with Crippen LogP contribution in [0.1, 0.15) is 20.8 Å². The minimum atomic E-state index is -0.998. The molecule has 1 heterocycles. The van der Waals surface area contributed by atoms with Crippen molar-refractivity contribution >= 4 is 12.3 Å². The summed E-state index contributed by atoms with van der Waals surface area (Å²) in [7, 11) is 0. The molecule has 3 aromatic rings. The van der Waals surface area contributed by atoms with Crippen molar-refractivity contribution in [1.29, 1.82) is 0 Å². The number of carbonyl (C=O) groups excluding carboxylic acids is 1. The molecule has 1 aromatic heterocycles. The van der Waals surface area contributed by atoms with Gasteiger partial charge in [0.15, 0.2) is 12.0 Å². The SMILES string of the molecule is O=Cc1nnn(-c2ccc(C(=O)O)cc2)c1-c1ccccc1. The molecule has 0 saturated heterocycles. The van der Waals surface area contributed by atoms with E-state index >= 15 is 0 Å². The number of nitrogens with zero attached hydrogens (tertiary/aromatic N) is 3. The smallest absolute Gasteiger partial charge is 0.335 e. The summed E-state index contributed by atoms with van der Waals surface area (Å²) in [5.41, 5.74) is 2.41. The highest BCUT2D eigenvalue weighted by molar-refractivity contribution is 5.88. The normalized spacial score (nSPS) is 10.4. The average Bonchev–Trinajstić information content (AvgIpc) is 2.99. The first-order valence-electron chi connectivity index (χ1n) is 6.50. The Morgan fingerprint density at radius 2 is 1.73 bits per heavy atom. The number of hydrogen-bond acceptors (Lipinski definition) is 4. The number of carboxylic acid groups (broad SMARTS) is 1. The second-order valence-electron chi connectivity index (χ2n) is 4.57. The zero-order valence-electron chi connectivity index (χ0n) is 11.4. The average molecular weight is 293 g/mol. The van der Waals surface area contributed by atoms with E-state index in [1.54, 1.807) is 12.1 Å². The van der Waals surface area contributed by atoms with Crippen LogP contribution in [0.15, 0.2) is 54.6 Å². The fourth-order valence-corrected chi connectivity index (χ4v) is 2.17. The number of aromatic nitrogens is 3. The Kier molecular flexibility index (Phi) is 3.49. The maximum absolute atomic E-state index is 11.2. The van der Waals surface area contributed by atoms with E-state index in [9.17, 15) is 9.59 Å². The molecule has 0 aliphatic rings. The topological polar surface area (TPSA) is 85.1 Å². The van der Waals surface area contributed by atoms with Crippen molar-refractivity contribution in [1.82, 2.24) is 15.0 Å². The molecular weight excluding hydrogens is 282 g/mol. The summed E-state index contributed by atoms with van der Waals surface area (Å²) in [4.78, 5) is 22.1. The summed E-state index contributed by atoms with van der Waals surface area (Å²) in [6.07, 6.45) is 0.650. The molecule has 0 saturated carbocycles. The Hall–Kier alpha value is -3.28. The van der Waals surface area contributed by atoms with Crippen LogP contribution in [0.3, 0.4) is 0 Å². The van der Waals surface area contributed by atoms with Gasteiger partial charge in [0.05, 0.1) is 11.3 Å². The lowest BCUT2D eigenvalue weighted by molar-refractivity contribution is 0.0696. The predicted molar refractivity (Wildman–Crippen MR) is 79.1 cm³/mol. The van der Waals surface area contributed by atoms with Gasteiger partial charge >= 0.3 is 5.97 Å². The quantitative estimate of drug-likeness (QED) is 0.747. The van der Waals surface area contributed by atoms with Gasteiger partial charge in [-0.3, -0.25) is 4.79 Å². The van der Waals surface area contributed by atoms with E-state index in [0.29, 0.717) is 17.7 Å². The molecule has 3 rings (SSSR count). The number of hydrogen-bond donors (Lipinski definition) is 1. The monoisotopic (exact) mass is 293 g/mol. The van der Waals surface area contributed by atoms with Crippen molar-refractivity contribution in [3.63, 3.8) is 0 Å². The fourth-order valence-electron chi connectivity index (χ4n) is 2.17. The van der Waals surface area contributed by atoms with Crippen molar-refractivity contribution < 1.29 is 14.7 Å². The first kappa shape index (κ1) is 13.7. The lowest BCUT2D eigenvalue weighted by Crippen LogP contribution is -2.02. The molecule has 0 bridgehead atoms. The maximum atomic E-state index is 11.2. The van der Waals surface area contributed by atoms with Crippen LogP contribution in [-0.2, 0) is 0 Å². The predicted octanol–water partition coefficient (Wildman–Crippen LogP) is 2.45. The van der Waals surface area contributed by atoms with Gasteiger partial charge in [-0.15, -0.1) is 5.10 Å². The Morgan fingerprint density at radius 3 is 2.32 bits per heavy atom. The molecule has 0 amide bonds. The summed E-state index contributed by atoms with van der Waals surface area (Å²) < 4.78 is 1.52. The summed E-state index contributed by atoms with van der Waals surface area (Å²) in [6.45, 7) is 0. The lowest BCUT2D eigenvalue weighted by Gasteiger charge is -2.07. The van der Waals surface area contributed by atoms with Gasteiger partial charge in [0, 0.05) is 5.56 Å². The number of benzene rings is 2. The van der Waals surface area contributed by atoms with Gasteiger partial charge in [-0.1, -0.05) is 35.5 Å². The van der Waals surface area contributed by atoms with Crippen LogP contribution in [0.4, 0.5) is 0 Å². The van der Waals surface area contributed by atoms with Crippen LogP contribution < -0.4 is 0 Å². The molecule has 0 radical (unpaired) electrons. The lowest BCUT2D eigenvalue weighted by atomic mass is 10.1. The molecule has 22 heavy (non-hydrogen) atoms. The number of carbonyl (C=O) groups is 2. The van der Waals surface area contributed by atoms with E-state index in [0.717, 1.165) is 5.56 Å². The molecule has 6 heteroatoms. The van der Waals surface area contributed by atoms with Crippen molar-refractivity contribution in [2.24, 2.45) is 0 Å². The number of aldehydes is 1. The molecular formula is C16H11N3O3. The molecule has 0 atom stereocenters. The fraction of sp³-hybridized carbons (Fsp3) is 0. The number of aromatic carboxylic acids is 1. The van der Waals surface area contributed by atoms with Crippen LogP contribution in [0, 0.1) is 0 Å². The van der Waals surface area contributed by atoms with E-state index in [4.69, 9.17) is 5.11 Å². The first-order chi connectivity index (χ1) is 10.7. The highest BCUT2D eigenvalue weighted by Crippen LogP contribution is 2.24. The Balaban J connectivity index is 2.14. The summed E-state index contributed by atoms with van der Waals surface area (Å²) in [5, 5.41) is 16.8. The molecule has 2 aromatic carbocycles. The van der Waals surface area contributed by atoms with Gasteiger partial charge in [-0.05, 0) is 24.3 Å². The minimum absolute atomic E-state index is 0.181. The van der Waals surface area contributed by atoms with Crippen LogP contribution in [0.5, 0.6) is 0 Å². The van der Waals surface area contributed by atoms with Crippen LogP contribution in [-0.4, -0.2) is 32.4 Å². The van der Waals surface area contributed by atoms with E-state index in [2.05, 4.69) is 10.3 Å². The zero-order valence-corrected chi connectivity index (χ0v) is 11.4. The van der Waals surface area contributed by atoms with E-state index in [1.807, 2.05) is 30.3 Å². The molecule has 0 unspecified atom stereocenters. The maximum Gasteiger partial charge on any atom is 0.335 e. The molecule has 0 fully saturated rings. The highest BCUT2D eigenvalue weighted by atomic mass is 16.4. The van der Waals surface area contributed by atoms with Crippen molar-refractivity contribution in [2.75, 3.05) is 0 Å². The van der Waals surface area contributed by atoms with E-state index in [1.165, 1.54) is 16.8 Å². The molecule has 1 N–H and O–H groups in total. The standard InChI is InChI=1S/C16H11N3O3/c20-10-14-15(11-4-2-1-3-5-11)19(18-17-14)13-8-6-12(7-9-13)16(21)22/h1-10H,(H,21,22). The molecule has 0 aliphatic heterocycles. The van der Waals surface area contributed by atoms with Gasteiger partial charge in [-0.25, -0.2) is 9.48 Å². The third kappa shape index (κ3) is 2.37.